The Hall–Kier alpha value is -0.980. The minimum absolute atomic E-state index is 0.0630. The molecule has 1 rings (SSSR count). The van der Waals surface area contributed by atoms with Crippen LogP contribution in [0, 0.1) is 0 Å². The van der Waals surface area contributed by atoms with Crippen molar-refractivity contribution in [1.82, 2.24) is 4.31 Å². The van der Waals surface area contributed by atoms with Gasteiger partial charge in [-0.2, -0.15) is 4.31 Å². The molecule has 0 saturated carbocycles. The first-order chi connectivity index (χ1) is 8.86. The summed E-state index contributed by atoms with van der Waals surface area (Å²) in [7, 11) is -3.35. The van der Waals surface area contributed by atoms with E-state index in [0.717, 1.165) is 5.56 Å². The monoisotopic (exact) mass is 300 g/mol. The number of likely N-dealkylation sites (N-methyl/N-ethyl adjacent to an activating group) is 1. The topological polar surface area (TPSA) is 63.4 Å². The first-order valence-corrected chi connectivity index (χ1v) is 8.19. The van der Waals surface area contributed by atoms with Crippen molar-refractivity contribution in [1.29, 1.82) is 0 Å². The van der Waals surface area contributed by atoms with Crippen molar-refractivity contribution in [3.8, 4) is 0 Å². The van der Waals surface area contributed by atoms with Crippen LogP contribution in [0.4, 0.5) is 0 Å². The number of rotatable bonds is 7. The quantitative estimate of drug-likeness (QED) is 0.779. The number of hydrogen-bond donors (Lipinski definition) is 1. The van der Waals surface area contributed by atoms with Crippen molar-refractivity contribution in [2.75, 3.05) is 18.8 Å². The molecule has 0 bridgehead atoms. The molecule has 0 aliphatic rings. The van der Waals surface area contributed by atoms with Gasteiger partial charge in [0.2, 0.25) is 10.0 Å². The van der Waals surface area contributed by atoms with Crippen LogP contribution in [0.3, 0.4) is 0 Å². The van der Waals surface area contributed by atoms with E-state index in [1.807, 2.05) is 37.3 Å². The van der Waals surface area contributed by atoms with E-state index in [0.29, 0.717) is 6.54 Å². The third kappa shape index (κ3) is 4.89. The Labute approximate surface area is 120 Å². The lowest BCUT2D eigenvalue weighted by atomic mass is 10.0. The lowest BCUT2D eigenvalue weighted by molar-refractivity contribution is 0.465. The van der Waals surface area contributed by atoms with Gasteiger partial charge in [-0.1, -0.05) is 56.4 Å². The highest BCUT2D eigenvalue weighted by Gasteiger charge is 2.24. The first kappa shape index (κ1) is 16.1. The highest BCUT2D eigenvalue weighted by atomic mass is 32.2. The molecule has 4 nitrogen and oxygen atoms in total. The van der Waals surface area contributed by atoms with Crippen LogP contribution < -0.4 is 5.73 Å². The smallest absolute Gasteiger partial charge is 0.215 e. The Morgan fingerprint density at radius 2 is 1.95 bits per heavy atom. The van der Waals surface area contributed by atoms with Crippen LogP contribution in [0.25, 0.3) is 0 Å². The molecule has 0 saturated heterocycles. The molecule has 0 heterocycles. The second-order valence-electron chi connectivity index (χ2n) is 4.48. The third-order valence-electron chi connectivity index (χ3n) is 2.91. The van der Waals surface area contributed by atoms with Gasteiger partial charge in [0.15, 0.2) is 0 Å². The minimum atomic E-state index is -3.35. The molecule has 0 amide bonds. The molecule has 6 heteroatoms. The predicted octanol–water partition coefficient (Wildman–Crippen LogP) is 1.73. The Morgan fingerprint density at radius 1 is 1.37 bits per heavy atom. The van der Waals surface area contributed by atoms with Crippen LogP contribution in [0.15, 0.2) is 30.3 Å². The zero-order valence-electron chi connectivity index (χ0n) is 11.2. The summed E-state index contributed by atoms with van der Waals surface area (Å²) in [5, 5.41) is 0. The van der Waals surface area contributed by atoms with E-state index in [-0.39, 0.29) is 23.2 Å². The minimum Gasteiger partial charge on any atom is -0.392 e. The molecule has 0 aliphatic carbocycles. The molecule has 19 heavy (non-hydrogen) atoms. The highest BCUT2D eigenvalue weighted by molar-refractivity contribution is 7.89. The molecule has 106 valence electrons. The molecular weight excluding hydrogens is 280 g/mol. The summed E-state index contributed by atoms with van der Waals surface area (Å²) < 4.78 is 25.9. The molecule has 0 radical (unpaired) electrons. The van der Waals surface area contributed by atoms with E-state index >= 15 is 0 Å². The summed E-state index contributed by atoms with van der Waals surface area (Å²) in [4.78, 5) is 0.192. The van der Waals surface area contributed by atoms with Gasteiger partial charge < -0.3 is 5.73 Å². The van der Waals surface area contributed by atoms with Gasteiger partial charge in [0, 0.05) is 6.54 Å². The van der Waals surface area contributed by atoms with E-state index < -0.39 is 10.0 Å². The summed E-state index contributed by atoms with van der Waals surface area (Å²) in [6.45, 7) is 4.17. The summed E-state index contributed by atoms with van der Waals surface area (Å²) >= 11 is 4.79. The van der Waals surface area contributed by atoms with Crippen LogP contribution in [0.5, 0.6) is 0 Å². The van der Waals surface area contributed by atoms with E-state index in [4.69, 9.17) is 18.0 Å². The van der Waals surface area contributed by atoms with Gasteiger partial charge in [-0.05, 0) is 11.5 Å². The SMILES string of the molecule is CCN(CC(N)=S)S(=O)(=O)CC(C)c1ccccc1. The normalized spacial score (nSPS) is 13.4. The zero-order chi connectivity index (χ0) is 14.5. The second kappa shape index (κ2) is 6.98. The molecule has 1 aromatic rings. The summed E-state index contributed by atoms with van der Waals surface area (Å²) in [6, 6.07) is 9.60. The molecule has 0 spiro atoms. The number of benzene rings is 1. The fraction of sp³-hybridized carbons (Fsp3) is 0.462. The van der Waals surface area contributed by atoms with Crippen LogP contribution in [-0.4, -0.2) is 36.6 Å². The first-order valence-electron chi connectivity index (χ1n) is 6.18. The van der Waals surface area contributed by atoms with E-state index in [1.165, 1.54) is 4.31 Å². The standard InChI is InChI=1S/C13H20N2O2S2/c1-3-15(9-13(14)18)19(16,17)10-11(2)12-7-5-4-6-8-12/h4-8,11H,3,9-10H2,1-2H3,(H2,14,18). The Bertz CT molecular complexity index is 515. The van der Waals surface area contributed by atoms with Gasteiger partial charge >= 0.3 is 0 Å². The molecule has 1 unspecified atom stereocenters. The maximum atomic E-state index is 12.3. The van der Waals surface area contributed by atoms with Crippen molar-refractivity contribution in [3.05, 3.63) is 35.9 Å². The van der Waals surface area contributed by atoms with Crippen molar-refractivity contribution in [2.45, 2.75) is 19.8 Å². The maximum absolute atomic E-state index is 12.3. The lowest BCUT2D eigenvalue weighted by Gasteiger charge is -2.22. The van der Waals surface area contributed by atoms with Crippen LogP contribution in [0.1, 0.15) is 25.3 Å². The van der Waals surface area contributed by atoms with Gasteiger partial charge in [0.25, 0.3) is 0 Å². The van der Waals surface area contributed by atoms with Gasteiger partial charge in [-0.15, -0.1) is 0 Å². The summed E-state index contributed by atoms with van der Waals surface area (Å²) in [5.41, 5.74) is 6.44. The predicted molar refractivity (Wildman–Crippen MR) is 82.7 cm³/mol. The van der Waals surface area contributed by atoms with Crippen LogP contribution in [0.2, 0.25) is 0 Å². The lowest BCUT2D eigenvalue weighted by Crippen LogP contribution is -2.39. The largest absolute Gasteiger partial charge is 0.392 e. The Morgan fingerprint density at radius 3 is 2.42 bits per heavy atom. The van der Waals surface area contributed by atoms with Gasteiger partial charge in [-0.25, -0.2) is 8.42 Å². The van der Waals surface area contributed by atoms with Gasteiger partial charge in [0.05, 0.1) is 17.3 Å². The molecule has 1 aromatic carbocycles. The Kier molecular flexibility index (Phi) is 5.90. The Balaban J connectivity index is 2.81. The van der Waals surface area contributed by atoms with Crippen LogP contribution in [-0.2, 0) is 10.0 Å². The van der Waals surface area contributed by atoms with Gasteiger partial charge in [0.1, 0.15) is 0 Å². The zero-order valence-corrected chi connectivity index (χ0v) is 12.9. The molecular formula is C13H20N2O2S2. The van der Waals surface area contributed by atoms with E-state index in [9.17, 15) is 8.42 Å². The average molecular weight is 300 g/mol. The number of sulfonamides is 1. The molecule has 0 aliphatic heterocycles. The van der Waals surface area contributed by atoms with Gasteiger partial charge in [-0.3, -0.25) is 0 Å². The summed E-state index contributed by atoms with van der Waals surface area (Å²) in [5.74, 6) is -0.000374. The average Bonchev–Trinajstić information content (AvgIpc) is 2.36. The maximum Gasteiger partial charge on any atom is 0.215 e. The summed E-state index contributed by atoms with van der Waals surface area (Å²) in [6.07, 6.45) is 0. The molecule has 0 aromatic heterocycles. The number of nitrogens with two attached hydrogens (primary N) is 1. The van der Waals surface area contributed by atoms with Crippen LogP contribution >= 0.6 is 12.2 Å². The van der Waals surface area contributed by atoms with Crippen molar-refractivity contribution in [2.24, 2.45) is 5.73 Å². The van der Waals surface area contributed by atoms with Crippen molar-refractivity contribution in [3.63, 3.8) is 0 Å². The second-order valence-corrected chi connectivity index (χ2v) is 7.02. The molecule has 1 atom stereocenters. The fourth-order valence-electron chi connectivity index (χ4n) is 1.88. The van der Waals surface area contributed by atoms with Crippen molar-refractivity contribution < 1.29 is 8.42 Å². The van der Waals surface area contributed by atoms with E-state index in [1.54, 1.807) is 6.92 Å². The number of nitrogens with zero attached hydrogens (tertiary/aromatic N) is 1. The fourth-order valence-corrected chi connectivity index (χ4v) is 3.88. The van der Waals surface area contributed by atoms with Crippen molar-refractivity contribution >= 4 is 27.2 Å². The number of thiocarbonyl (C=S) groups is 1. The molecule has 2 N–H and O–H groups in total. The highest BCUT2D eigenvalue weighted by Crippen LogP contribution is 2.18. The van der Waals surface area contributed by atoms with E-state index in [2.05, 4.69) is 0 Å². The third-order valence-corrected chi connectivity index (χ3v) is 5.13. The molecule has 0 fully saturated rings. The number of hydrogen-bond acceptors (Lipinski definition) is 3.